The molecule has 1 aliphatic heterocycles. The van der Waals surface area contributed by atoms with E-state index in [1.54, 1.807) is 0 Å². The Balaban J connectivity index is 1.77. The third kappa shape index (κ3) is 3.30. The first-order valence-corrected chi connectivity index (χ1v) is 6.02. The van der Waals surface area contributed by atoms with E-state index in [-0.39, 0.29) is 6.10 Å². The van der Waals surface area contributed by atoms with Crippen LogP contribution in [0.5, 0.6) is 0 Å². The van der Waals surface area contributed by atoms with Crippen molar-refractivity contribution in [2.75, 3.05) is 32.7 Å². The Morgan fingerprint density at radius 3 is 2.56 bits per heavy atom. The van der Waals surface area contributed by atoms with Gasteiger partial charge in [0.25, 0.3) is 0 Å². The molecule has 3 nitrogen and oxygen atoms in total. The van der Waals surface area contributed by atoms with Gasteiger partial charge in [0.1, 0.15) is 0 Å². The summed E-state index contributed by atoms with van der Waals surface area (Å²) in [4.78, 5) is 2.41. The van der Waals surface area contributed by atoms with Gasteiger partial charge in [0.2, 0.25) is 0 Å². The van der Waals surface area contributed by atoms with Crippen molar-refractivity contribution < 1.29 is 5.11 Å². The lowest BCUT2D eigenvalue weighted by molar-refractivity contribution is 0.136. The standard InChI is InChI=1S/C13H20N2O/c16-13(12-4-2-1-3-5-12)6-9-15-10-7-14-8-11-15/h1-5,13-14,16H,6-11H2/t13-/m0/s1. The predicted octanol–water partition coefficient (Wildman–Crippen LogP) is 1.02. The van der Waals surface area contributed by atoms with Gasteiger partial charge in [0.15, 0.2) is 0 Å². The van der Waals surface area contributed by atoms with Gasteiger partial charge in [-0.1, -0.05) is 30.3 Å². The molecule has 1 atom stereocenters. The summed E-state index contributed by atoms with van der Waals surface area (Å²) in [7, 11) is 0. The van der Waals surface area contributed by atoms with Gasteiger partial charge >= 0.3 is 0 Å². The first-order chi connectivity index (χ1) is 7.86. The molecule has 3 heteroatoms. The number of benzene rings is 1. The van der Waals surface area contributed by atoms with Crippen LogP contribution in [0, 0.1) is 0 Å². The van der Waals surface area contributed by atoms with Crippen molar-refractivity contribution in [1.29, 1.82) is 0 Å². The van der Waals surface area contributed by atoms with Gasteiger partial charge in [0.05, 0.1) is 6.10 Å². The van der Waals surface area contributed by atoms with Crippen LogP contribution in [0.15, 0.2) is 30.3 Å². The highest BCUT2D eigenvalue weighted by Gasteiger charge is 2.12. The predicted molar refractivity (Wildman–Crippen MR) is 65.3 cm³/mol. The molecule has 1 aromatic rings. The van der Waals surface area contributed by atoms with E-state index < -0.39 is 0 Å². The Kier molecular flexibility index (Phi) is 4.34. The summed E-state index contributed by atoms with van der Waals surface area (Å²) in [5, 5.41) is 13.3. The molecule has 0 radical (unpaired) electrons. The summed E-state index contributed by atoms with van der Waals surface area (Å²) in [5.41, 5.74) is 1.03. The molecule has 1 aromatic carbocycles. The lowest BCUT2D eigenvalue weighted by Gasteiger charge is -2.27. The Bertz CT molecular complexity index is 296. The van der Waals surface area contributed by atoms with Crippen molar-refractivity contribution in [1.82, 2.24) is 10.2 Å². The maximum Gasteiger partial charge on any atom is 0.0802 e. The van der Waals surface area contributed by atoms with Crippen molar-refractivity contribution in [3.63, 3.8) is 0 Å². The molecule has 2 N–H and O–H groups in total. The zero-order valence-corrected chi connectivity index (χ0v) is 9.60. The minimum Gasteiger partial charge on any atom is -0.388 e. The van der Waals surface area contributed by atoms with Crippen molar-refractivity contribution >= 4 is 0 Å². The highest BCUT2D eigenvalue weighted by molar-refractivity contribution is 5.17. The lowest BCUT2D eigenvalue weighted by Crippen LogP contribution is -2.44. The molecule has 0 spiro atoms. The molecular weight excluding hydrogens is 200 g/mol. The molecule has 1 fully saturated rings. The van der Waals surface area contributed by atoms with Gasteiger partial charge in [-0.2, -0.15) is 0 Å². The van der Waals surface area contributed by atoms with E-state index in [0.717, 1.165) is 44.7 Å². The molecule has 0 aromatic heterocycles. The number of hydrogen-bond acceptors (Lipinski definition) is 3. The van der Waals surface area contributed by atoms with Gasteiger partial charge in [0, 0.05) is 32.7 Å². The molecule has 1 aliphatic rings. The van der Waals surface area contributed by atoms with Crippen LogP contribution in [-0.4, -0.2) is 42.7 Å². The Hall–Kier alpha value is -0.900. The minimum absolute atomic E-state index is 0.323. The average Bonchev–Trinajstić information content (AvgIpc) is 2.38. The van der Waals surface area contributed by atoms with Crippen molar-refractivity contribution in [2.24, 2.45) is 0 Å². The largest absolute Gasteiger partial charge is 0.388 e. The zero-order chi connectivity index (χ0) is 11.2. The number of nitrogens with one attached hydrogen (secondary N) is 1. The second kappa shape index (κ2) is 5.99. The number of aliphatic hydroxyl groups excluding tert-OH is 1. The van der Waals surface area contributed by atoms with Crippen molar-refractivity contribution in [3.8, 4) is 0 Å². The molecule has 1 heterocycles. The molecule has 88 valence electrons. The first kappa shape index (κ1) is 11.6. The van der Waals surface area contributed by atoms with Crippen molar-refractivity contribution in [3.05, 3.63) is 35.9 Å². The third-order valence-electron chi connectivity index (χ3n) is 3.11. The molecule has 0 saturated carbocycles. The molecular formula is C13H20N2O. The number of hydrogen-bond donors (Lipinski definition) is 2. The third-order valence-corrected chi connectivity index (χ3v) is 3.11. The maximum absolute atomic E-state index is 10.0. The maximum atomic E-state index is 10.0. The van der Waals surface area contributed by atoms with Gasteiger partial charge in [-0.25, -0.2) is 0 Å². The van der Waals surface area contributed by atoms with Crippen molar-refractivity contribution in [2.45, 2.75) is 12.5 Å². The van der Waals surface area contributed by atoms with Crippen LogP contribution in [0.4, 0.5) is 0 Å². The summed E-state index contributed by atoms with van der Waals surface area (Å²) in [6.45, 7) is 5.32. The van der Waals surface area contributed by atoms with E-state index in [0.29, 0.717) is 0 Å². The molecule has 0 bridgehead atoms. The van der Waals surface area contributed by atoms with Crippen LogP contribution in [-0.2, 0) is 0 Å². The van der Waals surface area contributed by atoms with Crippen LogP contribution >= 0.6 is 0 Å². The quantitative estimate of drug-likeness (QED) is 0.795. The molecule has 0 amide bonds. The van der Waals surface area contributed by atoms with Gasteiger partial charge < -0.3 is 15.3 Å². The monoisotopic (exact) mass is 220 g/mol. The molecule has 16 heavy (non-hydrogen) atoms. The van der Waals surface area contributed by atoms with Gasteiger partial charge in [-0.3, -0.25) is 0 Å². The fourth-order valence-corrected chi connectivity index (χ4v) is 2.08. The molecule has 0 aliphatic carbocycles. The van der Waals surface area contributed by atoms with Crippen LogP contribution in [0.25, 0.3) is 0 Å². The van der Waals surface area contributed by atoms with E-state index in [9.17, 15) is 5.11 Å². The molecule has 1 saturated heterocycles. The van der Waals surface area contributed by atoms with E-state index in [2.05, 4.69) is 10.2 Å². The van der Waals surface area contributed by atoms with E-state index >= 15 is 0 Å². The summed E-state index contributed by atoms with van der Waals surface area (Å²) in [6.07, 6.45) is 0.500. The van der Waals surface area contributed by atoms with Crippen LogP contribution in [0.3, 0.4) is 0 Å². The van der Waals surface area contributed by atoms with Gasteiger partial charge in [-0.15, -0.1) is 0 Å². The lowest BCUT2D eigenvalue weighted by atomic mass is 10.1. The fourth-order valence-electron chi connectivity index (χ4n) is 2.08. The van der Waals surface area contributed by atoms with E-state index in [1.807, 2.05) is 30.3 Å². The number of piperazine rings is 1. The zero-order valence-electron chi connectivity index (χ0n) is 9.60. The molecule has 0 unspecified atom stereocenters. The van der Waals surface area contributed by atoms with Crippen LogP contribution in [0.1, 0.15) is 18.1 Å². The van der Waals surface area contributed by atoms with Crippen LogP contribution in [0.2, 0.25) is 0 Å². The summed E-state index contributed by atoms with van der Waals surface area (Å²) in [6, 6.07) is 9.91. The highest BCUT2D eigenvalue weighted by atomic mass is 16.3. The Morgan fingerprint density at radius 2 is 1.88 bits per heavy atom. The summed E-state index contributed by atoms with van der Waals surface area (Å²) in [5.74, 6) is 0. The number of aliphatic hydroxyl groups is 1. The molecule has 2 rings (SSSR count). The first-order valence-electron chi connectivity index (χ1n) is 6.02. The fraction of sp³-hybridized carbons (Fsp3) is 0.538. The minimum atomic E-state index is -0.323. The Labute approximate surface area is 97.1 Å². The van der Waals surface area contributed by atoms with E-state index in [4.69, 9.17) is 0 Å². The SMILES string of the molecule is O[C@@H](CCN1CCNCC1)c1ccccc1. The number of nitrogens with zero attached hydrogens (tertiary/aromatic N) is 1. The average molecular weight is 220 g/mol. The number of rotatable bonds is 4. The van der Waals surface area contributed by atoms with E-state index in [1.165, 1.54) is 0 Å². The second-order valence-electron chi connectivity index (χ2n) is 4.31. The summed E-state index contributed by atoms with van der Waals surface area (Å²) >= 11 is 0. The topological polar surface area (TPSA) is 35.5 Å². The normalized spacial score (nSPS) is 19.6. The summed E-state index contributed by atoms with van der Waals surface area (Å²) < 4.78 is 0. The Morgan fingerprint density at radius 1 is 1.19 bits per heavy atom. The van der Waals surface area contributed by atoms with Crippen LogP contribution < -0.4 is 5.32 Å². The van der Waals surface area contributed by atoms with Gasteiger partial charge in [-0.05, 0) is 12.0 Å². The second-order valence-corrected chi connectivity index (χ2v) is 4.31. The highest BCUT2D eigenvalue weighted by Crippen LogP contribution is 2.16. The smallest absolute Gasteiger partial charge is 0.0802 e.